The third-order valence-electron chi connectivity index (χ3n) is 3.73. The van der Waals surface area contributed by atoms with Gasteiger partial charge in [-0.25, -0.2) is 4.39 Å². The highest BCUT2D eigenvalue weighted by molar-refractivity contribution is 5.76. The average Bonchev–Trinajstić information content (AvgIpc) is 2.41. The molecule has 0 aliphatic carbocycles. The van der Waals surface area contributed by atoms with Crippen LogP contribution in [0.1, 0.15) is 25.3 Å². The predicted octanol–water partition coefficient (Wildman–Crippen LogP) is 1.87. The first-order valence-electron chi connectivity index (χ1n) is 6.89. The van der Waals surface area contributed by atoms with E-state index in [9.17, 15) is 9.18 Å². The topological polar surface area (TPSA) is 41.1 Å². The van der Waals surface area contributed by atoms with Crippen LogP contribution in [0.25, 0.3) is 0 Å². The summed E-state index contributed by atoms with van der Waals surface area (Å²) < 4.78 is 12.8. The number of amides is 1. The summed E-state index contributed by atoms with van der Waals surface area (Å²) in [6, 6.07) is 6.55. The molecule has 0 bridgehead atoms. The van der Waals surface area contributed by atoms with Crippen LogP contribution in [0.15, 0.2) is 24.3 Å². The van der Waals surface area contributed by atoms with Gasteiger partial charge in [0.25, 0.3) is 0 Å². The smallest absolute Gasteiger partial charge is 0.220 e. The van der Waals surface area contributed by atoms with Crippen molar-refractivity contribution in [1.29, 1.82) is 0 Å². The van der Waals surface area contributed by atoms with Crippen LogP contribution >= 0.6 is 0 Å². The van der Waals surface area contributed by atoms with E-state index in [1.54, 1.807) is 12.1 Å². The Balaban J connectivity index is 1.76. The molecule has 2 rings (SSSR count). The summed E-state index contributed by atoms with van der Waals surface area (Å²) >= 11 is 0. The minimum Gasteiger partial charge on any atom is -0.352 e. The first-order valence-corrected chi connectivity index (χ1v) is 6.89. The third-order valence-corrected chi connectivity index (χ3v) is 3.73. The Labute approximate surface area is 113 Å². The molecule has 1 aromatic rings. The van der Waals surface area contributed by atoms with Gasteiger partial charge in [0.2, 0.25) is 5.91 Å². The molecule has 1 amide bonds. The molecule has 1 aliphatic rings. The molecule has 1 heterocycles. The molecule has 2 N–H and O–H groups in total. The Bertz CT molecular complexity index is 419. The maximum absolute atomic E-state index is 12.8. The summed E-state index contributed by atoms with van der Waals surface area (Å²) in [5.74, 6) is 0.358. The monoisotopic (exact) mass is 264 g/mol. The summed E-state index contributed by atoms with van der Waals surface area (Å²) in [7, 11) is 0. The summed E-state index contributed by atoms with van der Waals surface area (Å²) in [5.41, 5.74) is 0.992. The lowest BCUT2D eigenvalue weighted by molar-refractivity contribution is -0.122. The second-order valence-electron chi connectivity index (χ2n) is 5.27. The second kappa shape index (κ2) is 6.66. The highest BCUT2D eigenvalue weighted by atomic mass is 19.1. The fraction of sp³-hybridized carbons (Fsp3) is 0.533. The van der Waals surface area contributed by atoms with Gasteiger partial charge in [-0.05, 0) is 43.0 Å². The number of aryl methyl sites for hydroxylation is 1. The van der Waals surface area contributed by atoms with Crippen LogP contribution < -0.4 is 10.6 Å². The van der Waals surface area contributed by atoms with Crippen molar-refractivity contribution in [3.63, 3.8) is 0 Å². The van der Waals surface area contributed by atoms with Crippen molar-refractivity contribution in [2.45, 2.75) is 32.2 Å². The van der Waals surface area contributed by atoms with Gasteiger partial charge in [0.15, 0.2) is 0 Å². The lowest BCUT2D eigenvalue weighted by Crippen LogP contribution is -2.50. The molecule has 3 nitrogen and oxygen atoms in total. The normalized spacial score (nSPS) is 23.1. The molecule has 0 saturated carbocycles. The van der Waals surface area contributed by atoms with Crippen LogP contribution in [-0.2, 0) is 11.2 Å². The Kier molecular flexibility index (Phi) is 4.91. The molecule has 104 valence electrons. The van der Waals surface area contributed by atoms with Crippen molar-refractivity contribution in [2.75, 3.05) is 13.1 Å². The first kappa shape index (κ1) is 14.0. The van der Waals surface area contributed by atoms with E-state index in [4.69, 9.17) is 0 Å². The van der Waals surface area contributed by atoms with Crippen molar-refractivity contribution in [3.05, 3.63) is 35.6 Å². The largest absolute Gasteiger partial charge is 0.352 e. The van der Waals surface area contributed by atoms with Gasteiger partial charge in [-0.2, -0.15) is 0 Å². The molecule has 1 fully saturated rings. The van der Waals surface area contributed by atoms with Crippen LogP contribution in [0.3, 0.4) is 0 Å². The molecule has 2 unspecified atom stereocenters. The van der Waals surface area contributed by atoms with E-state index in [1.807, 2.05) is 0 Å². The van der Waals surface area contributed by atoms with E-state index in [0.717, 1.165) is 25.1 Å². The molecule has 2 atom stereocenters. The van der Waals surface area contributed by atoms with Gasteiger partial charge in [0, 0.05) is 19.0 Å². The van der Waals surface area contributed by atoms with Crippen molar-refractivity contribution in [3.8, 4) is 0 Å². The van der Waals surface area contributed by atoms with Gasteiger partial charge in [0.1, 0.15) is 5.82 Å². The van der Waals surface area contributed by atoms with Crippen LogP contribution in [0.4, 0.5) is 4.39 Å². The minimum absolute atomic E-state index is 0.0740. The molecular weight excluding hydrogens is 243 g/mol. The number of benzene rings is 1. The van der Waals surface area contributed by atoms with Gasteiger partial charge in [-0.15, -0.1) is 0 Å². The van der Waals surface area contributed by atoms with Gasteiger partial charge in [-0.3, -0.25) is 4.79 Å². The highest BCUT2D eigenvalue weighted by Gasteiger charge is 2.22. The number of nitrogens with one attached hydrogen (secondary N) is 2. The lowest BCUT2D eigenvalue weighted by Gasteiger charge is -2.30. The zero-order valence-corrected chi connectivity index (χ0v) is 11.3. The molecule has 4 heteroatoms. The number of rotatable bonds is 4. The first-order chi connectivity index (χ1) is 9.15. The summed E-state index contributed by atoms with van der Waals surface area (Å²) in [5, 5.41) is 6.37. The highest BCUT2D eigenvalue weighted by Crippen LogP contribution is 2.12. The van der Waals surface area contributed by atoms with Crippen LogP contribution in [-0.4, -0.2) is 25.0 Å². The Morgan fingerprint density at radius 2 is 2.16 bits per heavy atom. The zero-order chi connectivity index (χ0) is 13.7. The van der Waals surface area contributed by atoms with E-state index in [-0.39, 0.29) is 17.8 Å². The van der Waals surface area contributed by atoms with E-state index in [2.05, 4.69) is 17.6 Å². The SMILES string of the molecule is CC1CCNCC1NC(=O)CCc1ccc(F)cc1. The van der Waals surface area contributed by atoms with Crippen molar-refractivity contribution in [2.24, 2.45) is 5.92 Å². The number of piperidine rings is 1. The molecule has 1 aromatic carbocycles. The van der Waals surface area contributed by atoms with Crippen molar-refractivity contribution in [1.82, 2.24) is 10.6 Å². The van der Waals surface area contributed by atoms with Crippen LogP contribution in [0, 0.1) is 11.7 Å². The number of hydrogen-bond donors (Lipinski definition) is 2. The van der Waals surface area contributed by atoms with Crippen molar-refractivity contribution >= 4 is 5.91 Å². The average molecular weight is 264 g/mol. The summed E-state index contributed by atoms with van der Waals surface area (Å²) in [6.07, 6.45) is 2.21. The fourth-order valence-corrected chi connectivity index (χ4v) is 2.37. The zero-order valence-electron chi connectivity index (χ0n) is 11.3. The second-order valence-corrected chi connectivity index (χ2v) is 5.27. The van der Waals surface area contributed by atoms with Crippen LogP contribution in [0.2, 0.25) is 0 Å². The van der Waals surface area contributed by atoms with E-state index in [0.29, 0.717) is 18.8 Å². The standard InChI is InChI=1S/C15H21FN2O/c1-11-8-9-17-10-14(11)18-15(19)7-4-12-2-5-13(16)6-3-12/h2-3,5-6,11,14,17H,4,7-10H2,1H3,(H,18,19). The Morgan fingerprint density at radius 3 is 2.84 bits per heavy atom. The molecule has 1 saturated heterocycles. The summed E-state index contributed by atoms with van der Waals surface area (Å²) in [6.45, 7) is 4.05. The van der Waals surface area contributed by atoms with Gasteiger partial charge in [-0.1, -0.05) is 19.1 Å². The van der Waals surface area contributed by atoms with Crippen LogP contribution in [0.5, 0.6) is 0 Å². The van der Waals surface area contributed by atoms with Gasteiger partial charge < -0.3 is 10.6 Å². The lowest BCUT2D eigenvalue weighted by atomic mass is 9.94. The molecule has 0 aromatic heterocycles. The molecular formula is C15H21FN2O. The van der Waals surface area contributed by atoms with E-state index >= 15 is 0 Å². The molecule has 0 spiro atoms. The number of carbonyl (C=O) groups excluding carboxylic acids is 1. The minimum atomic E-state index is -0.240. The number of halogens is 1. The maximum Gasteiger partial charge on any atom is 0.220 e. The number of carbonyl (C=O) groups is 1. The molecule has 1 aliphatic heterocycles. The third kappa shape index (κ3) is 4.31. The Morgan fingerprint density at radius 1 is 1.42 bits per heavy atom. The van der Waals surface area contributed by atoms with E-state index in [1.165, 1.54) is 12.1 Å². The number of hydrogen-bond acceptors (Lipinski definition) is 2. The molecule has 19 heavy (non-hydrogen) atoms. The fourth-order valence-electron chi connectivity index (χ4n) is 2.37. The summed E-state index contributed by atoms with van der Waals surface area (Å²) in [4.78, 5) is 11.9. The Hall–Kier alpha value is -1.42. The quantitative estimate of drug-likeness (QED) is 0.871. The predicted molar refractivity (Wildman–Crippen MR) is 73.3 cm³/mol. The maximum atomic E-state index is 12.8. The van der Waals surface area contributed by atoms with E-state index < -0.39 is 0 Å². The molecule has 0 radical (unpaired) electrons. The van der Waals surface area contributed by atoms with Gasteiger partial charge >= 0.3 is 0 Å². The van der Waals surface area contributed by atoms with Crippen molar-refractivity contribution < 1.29 is 9.18 Å². The van der Waals surface area contributed by atoms with Gasteiger partial charge in [0.05, 0.1) is 0 Å².